The molecule has 3 nitrogen and oxygen atoms in total. The summed E-state index contributed by atoms with van der Waals surface area (Å²) in [6.07, 6.45) is 2.23. The lowest BCUT2D eigenvalue weighted by Crippen LogP contribution is -2.57. The van der Waals surface area contributed by atoms with Crippen LogP contribution >= 0.6 is 0 Å². The molecule has 13 heavy (non-hydrogen) atoms. The van der Waals surface area contributed by atoms with Crippen molar-refractivity contribution in [3.8, 4) is 0 Å². The first-order valence-corrected chi connectivity index (χ1v) is 5.23. The Hall–Kier alpha value is -0.570. The van der Waals surface area contributed by atoms with Gasteiger partial charge in [-0.15, -0.1) is 0 Å². The van der Waals surface area contributed by atoms with Crippen molar-refractivity contribution in [3.05, 3.63) is 0 Å². The summed E-state index contributed by atoms with van der Waals surface area (Å²) >= 11 is 0. The summed E-state index contributed by atoms with van der Waals surface area (Å²) in [4.78, 5) is 14.0. The fraction of sp³-hybridized carbons (Fsp3) is 0.900. The molecule has 1 heterocycles. The molecule has 2 rings (SSSR count). The highest BCUT2D eigenvalue weighted by atomic mass is 16.2. The summed E-state index contributed by atoms with van der Waals surface area (Å²) in [7, 11) is 0. The van der Waals surface area contributed by atoms with Gasteiger partial charge in [-0.1, -0.05) is 0 Å². The fourth-order valence-electron chi connectivity index (χ4n) is 2.11. The van der Waals surface area contributed by atoms with E-state index < -0.39 is 0 Å². The van der Waals surface area contributed by atoms with Crippen molar-refractivity contribution in [1.29, 1.82) is 0 Å². The van der Waals surface area contributed by atoms with Crippen LogP contribution in [0.2, 0.25) is 0 Å². The number of carbonyl (C=O) groups is 1. The van der Waals surface area contributed by atoms with Crippen LogP contribution in [0.5, 0.6) is 0 Å². The Kier molecular flexibility index (Phi) is 2.28. The third-order valence-electron chi connectivity index (χ3n) is 3.01. The monoisotopic (exact) mass is 182 g/mol. The molecule has 0 unspecified atom stereocenters. The van der Waals surface area contributed by atoms with Crippen LogP contribution in [0.3, 0.4) is 0 Å². The van der Waals surface area contributed by atoms with Gasteiger partial charge in [0.15, 0.2) is 0 Å². The molecule has 1 amide bonds. The second-order valence-corrected chi connectivity index (χ2v) is 4.38. The van der Waals surface area contributed by atoms with E-state index in [0.29, 0.717) is 23.9 Å². The van der Waals surface area contributed by atoms with E-state index in [1.807, 2.05) is 0 Å². The topological polar surface area (TPSA) is 32.3 Å². The molecule has 0 aromatic heterocycles. The molecule has 1 aliphatic heterocycles. The second-order valence-electron chi connectivity index (χ2n) is 4.38. The van der Waals surface area contributed by atoms with E-state index in [1.54, 1.807) is 0 Å². The smallest absolute Gasteiger partial charge is 0.226 e. The third kappa shape index (κ3) is 1.70. The number of carbonyl (C=O) groups excluding carboxylic acids is 1. The Balaban J connectivity index is 2.03. The molecular weight excluding hydrogens is 164 g/mol. The molecule has 2 aliphatic rings. The highest BCUT2D eigenvalue weighted by Crippen LogP contribution is 2.32. The van der Waals surface area contributed by atoms with E-state index in [9.17, 15) is 4.79 Å². The van der Waals surface area contributed by atoms with Gasteiger partial charge in [-0.3, -0.25) is 4.79 Å². The van der Waals surface area contributed by atoms with Gasteiger partial charge >= 0.3 is 0 Å². The first-order chi connectivity index (χ1) is 6.20. The zero-order valence-electron chi connectivity index (χ0n) is 8.42. The average Bonchev–Trinajstić information content (AvgIpc) is 2.85. The van der Waals surface area contributed by atoms with Gasteiger partial charge < -0.3 is 10.2 Å². The summed E-state index contributed by atoms with van der Waals surface area (Å²) in [5.74, 6) is 0.754. The SMILES string of the molecule is C[C@@H]1CNC[C@H](C)N1C(=O)C1CC1. The lowest BCUT2D eigenvalue weighted by atomic mass is 10.1. The minimum atomic E-state index is 0.364. The number of nitrogens with zero attached hydrogens (tertiary/aromatic N) is 1. The van der Waals surface area contributed by atoms with Crippen LogP contribution in [0.15, 0.2) is 0 Å². The summed E-state index contributed by atoms with van der Waals surface area (Å²) in [6.45, 7) is 6.15. The molecule has 0 spiro atoms. The molecule has 1 N–H and O–H groups in total. The zero-order valence-corrected chi connectivity index (χ0v) is 8.42. The Morgan fingerprint density at radius 3 is 2.23 bits per heavy atom. The first-order valence-electron chi connectivity index (χ1n) is 5.23. The number of nitrogens with one attached hydrogen (secondary N) is 1. The lowest BCUT2D eigenvalue weighted by Gasteiger charge is -2.39. The third-order valence-corrected chi connectivity index (χ3v) is 3.01. The van der Waals surface area contributed by atoms with E-state index in [2.05, 4.69) is 24.1 Å². The van der Waals surface area contributed by atoms with E-state index in [1.165, 1.54) is 0 Å². The van der Waals surface area contributed by atoms with Crippen molar-refractivity contribution in [3.63, 3.8) is 0 Å². The molecule has 2 fully saturated rings. The van der Waals surface area contributed by atoms with Crippen LogP contribution < -0.4 is 5.32 Å². The molecule has 0 aromatic carbocycles. The normalized spacial score (nSPS) is 34.8. The lowest BCUT2D eigenvalue weighted by molar-refractivity contribution is -0.138. The molecule has 3 heteroatoms. The number of piperazine rings is 1. The highest BCUT2D eigenvalue weighted by Gasteiger charge is 2.38. The Morgan fingerprint density at radius 1 is 1.23 bits per heavy atom. The molecule has 0 aromatic rings. The number of rotatable bonds is 1. The van der Waals surface area contributed by atoms with Crippen molar-refractivity contribution >= 4 is 5.91 Å². The molecule has 74 valence electrons. The zero-order chi connectivity index (χ0) is 9.42. The standard InChI is InChI=1S/C10H18N2O/c1-7-5-11-6-8(2)12(7)10(13)9-3-4-9/h7-9,11H,3-6H2,1-2H3/t7-,8+. The van der Waals surface area contributed by atoms with Crippen molar-refractivity contribution in [2.24, 2.45) is 5.92 Å². The van der Waals surface area contributed by atoms with Crippen LogP contribution in [0.4, 0.5) is 0 Å². The van der Waals surface area contributed by atoms with Crippen molar-refractivity contribution < 1.29 is 4.79 Å². The fourth-order valence-corrected chi connectivity index (χ4v) is 2.11. The van der Waals surface area contributed by atoms with Gasteiger partial charge in [-0.2, -0.15) is 0 Å². The van der Waals surface area contributed by atoms with Crippen molar-refractivity contribution in [1.82, 2.24) is 10.2 Å². The predicted molar refractivity (Wildman–Crippen MR) is 51.4 cm³/mol. The van der Waals surface area contributed by atoms with Crippen molar-refractivity contribution in [2.45, 2.75) is 38.8 Å². The minimum Gasteiger partial charge on any atom is -0.334 e. The quantitative estimate of drug-likeness (QED) is 0.644. The van der Waals surface area contributed by atoms with Gasteiger partial charge in [-0.05, 0) is 26.7 Å². The summed E-state index contributed by atoms with van der Waals surface area (Å²) in [5.41, 5.74) is 0. The average molecular weight is 182 g/mol. The number of hydrogen-bond acceptors (Lipinski definition) is 2. The molecule has 2 atom stereocenters. The Bertz CT molecular complexity index is 203. The Morgan fingerprint density at radius 2 is 1.77 bits per heavy atom. The maximum absolute atomic E-state index is 11.9. The van der Waals surface area contributed by atoms with Crippen LogP contribution in [0, 0.1) is 5.92 Å². The minimum absolute atomic E-state index is 0.364. The van der Waals surface area contributed by atoms with Gasteiger partial charge in [-0.25, -0.2) is 0 Å². The molecule has 1 saturated heterocycles. The van der Waals surface area contributed by atoms with Crippen LogP contribution in [0.25, 0.3) is 0 Å². The second kappa shape index (κ2) is 3.29. The van der Waals surface area contributed by atoms with Crippen molar-refractivity contribution in [2.75, 3.05) is 13.1 Å². The van der Waals surface area contributed by atoms with Gasteiger partial charge in [0.05, 0.1) is 0 Å². The van der Waals surface area contributed by atoms with Crippen LogP contribution in [-0.4, -0.2) is 36.0 Å². The summed E-state index contributed by atoms with van der Waals surface area (Å²) in [5, 5.41) is 3.33. The van der Waals surface area contributed by atoms with E-state index >= 15 is 0 Å². The maximum Gasteiger partial charge on any atom is 0.226 e. The molecule has 0 radical (unpaired) electrons. The maximum atomic E-state index is 11.9. The van der Waals surface area contributed by atoms with Gasteiger partial charge in [0.2, 0.25) is 5.91 Å². The number of amides is 1. The molecule has 1 saturated carbocycles. The van der Waals surface area contributed by atoms with Crippen LogP contribution in [0.1, 0.15) is 26.7 Å². The molecular formula is C10H18N2O. The predicted octanol–water partition coefficient (Wildman–Crippen LogP) is 0.605. The molecule has 1 aliphatic carbocycles. The summed E-state index contributed by atoms with van der Waals surface area (Å²) < 4.78 is 0. The first kappa shape index (κ1) is 9.00. The summed E-state index contributed by atoms with van der Waals surface area (Å²) in [6, 6.07) is 0.744. The van der Waals surface area contributed by atoms with Gasteiger partial charge in [0.25, 0.3) is 0 Å². The van der Waals surface area contributed by atoms with E-state index in [4.69, 9.17) is 0 Å². The van der Waals surface area contributed by atoms with Gasteiger partial charge in [0, 0.05) is 31.1 Å². The largest absolute Gasteiger partial charge is 0.334 e. The number of hydrogen-bond donors (Lipinski definition) is 1. The van der Waals surface area contributed by atoms with E-state index in [0.717, 1.165) is 25.9 Å². The highest BCUT2D eigenvalue weighted by molar-refractivity contribution is 5.81. The van der Waals surface area contributed by atoms with Gasteiger partial charge in [0.1, 0.15) is 0 Å². The Labute approximate surface area is 79.5 Å². The van der Waals surface area contributed by atoms with Crippen LogP contribution in [-0.2, 0) is 4.79 Å². The van der Waals surface area contributed by atoms with E-state index in [-0.39, 0.29) is 0 Å². The molecule has 0 bridgehead atoms.